The molecule has 0 bridgehead atoms. The lowest BCUT2D eigenvalue weighted by Gasteiger charge is -2.11. The van der Waals surface area contributed by atoms with Crippen LogP contribution in [0.15, 0.2) is 72.9 Å². The maximum Gasteiger partial charge on any atom is 0.269 e. The minimum atomic E-state index is -0.458. The van der Waals surface area contributed by atoms with Crippen LogP contribution in [0.5, 0.6) is 5.88 Å². The molecular weight excluding hydrogens is 334 g/mol. The largest absolute Gasteiger partial charge is 0.471 e. The van der Waals surface area contributed by atoms with Crippen molar-refractivity contribution in [2.45, 2.75) is 6.61 Å². The highest BCUT2D eigenvalue weighted by Gasteiger charge is 2.11. The number of nitro groups is 1. The predicted octanol–water partition coefficient (Wildman–Crippen LogP) is 3.82. The number of carbonyl (C=O) groups is 1. The van der Waals surface area contributed by atoms with Crippen LogP contribution < -0.4 is 10.1 Å². The van der Waals surface area contributed by atoms with Gasteiger partial charge < -0.3 is 10.1 Å². The van der Waals surface area contributed by atoms with Gasteiger partial charge in [-0.3, -0.25) is 14.9 Å². The van der Waals surface area contributed by atoms with Crippen molar-refractivity contribution in [2.75, 3.05) is 5.32 Å². The van der Waals surface area contributed by atoms with E-state index in [1.54, 1.807) is 54.7 Å². The zero-order valence-electron chi connectivity index (χ0n) is 13.7. The van der Waals surface area contributed by atoms with Crippen molar-refractivity contribution < 1.29 is 14.5 Å². The molecule has 0 fully saturated rings. The summed E-state index contributed by atoms with van der Waals surface area (Å²) in [5.74, 6) is 0.00826. The summed E-state index contributed by atoms with van der Waals surface area (Å²) >= 11 is 0. The van der Waals surface area contributed by atoms with Crippen LogP contribution in [0, 0.1) is 10.1 Å². The molecule has 0 unspecified atom stereocenters. The highest BCUT2D eigenvalue weighted by molar-refractivity contribution is 6.04. The average molecular weight is 349 g/mol. The van der Waals surface area contributed by atoms with Crippen molar-refractivity contribution in [1.82, 2.24) is 4.98 Å². The topological polar surface area (TPSA) is 94.4 Å². The van der Waals surface area contributed by atoms with Crippen LogP contribution in [-0.4, -0.2) is 15.8 Å². The molecule has 1 amide bonds. The number of benzene rings is 2. The van der Waals surface area contributed by atoms with Gasteiger partial charge in [-0.2, -0.15) is 0 Å². The molecule has 0 aliphatic rings. The lowest BCUT2D eigenvalue weighted by Crippen LogP contribution is -2.13. The van der Waals surface area contributed by atoms with E-state index in [0.29, 0.717) is 11.3 Å². The molecule has 0 aliphatic carbocycles. The summed E-state index contributed by atoms with van der Waals surface area (Å²) in [5, 5.41) is 13.5. The van der Waals surface area contributed by atoms with Gasteiger partial charge in [-0.25, -0.2) is 4.98 Å². The van der Waals surface area contributed by atoms with Crippen LogP contribution >= 0.6 is 0 Å². The minimum absolute atomic E-state index is 0.0161. The standard InChI is InChI=1S/C19H15N3O4/c23-18(15-5-2-1-3-6-15)21-17-7-4-12-20-19(17)26-13-14-8-10-16(11-9-14)22(24)25/h1-12H,13H2,(H,21,23). The van der Waals surface area contributed by atoms with E-state index in [1.807, 2.05) is 6.07 Å². The second-order valence-corrected chi connectivity index (χ2v) is 5.39. The van der Waals surface area contributed by atoms with Crippen LogP contribution in [0.4, 0.5) is 11.4 Å². The number of nitro benzene ring substituents is 1. The van der Waals surface area contributed by atoms with Crippen LogP contribution in [0.25, 0.3) is 0 Å². The van der Waals surface area contributed by atoms with Crippen molar-refractivity contribution in [3.8, 4) is 5.88 Å². The summed E-state index contributed by atoms with van der Waals surface area (Å²) in [6.45, 7) is 0.170. The Kier molecular flexibility index (Phi) is 5.19. The van der Waals surface area contributed by atoms with Gasteiger partial charge in [0.25, 0.3) is 11.6 Å². The fraction of sp³-hybridized carbons (Fsp3) is 0.0526. The summed E-state index contributed by atoms with van der Waals surface area (Å²) in [6.07, 6.45) is 1.56. The predicted molar refractivity (Wildman–Crippen MR) is 96.1 cm³/mol. The van der Waals surface area contributed by atoms with Crippen LogP contribution in [0.2, 0.25) is 0 Å². The van der Waals surface area contributed by atoms with E-state index in [4.69, 9.17) is 4.74 Å². The summed E-state index contributed by atoms with van der Waals surface area (Å²) in [4.78, 5) is 26.6. The van der Waals surface area contributed by atoms with Crippen molar-refractivity contribution in [3.63, 3.8) is 0 Å². The molecule has 1 N–H and O–H groups in total. The van der Waals surface area contributed by atoms with Crippen molar-refractivity contribution >= 4 is 17.3 Å². The van der Waals surface area contributed by atoms with Gasteiger partial charge in [0.15, 0.2) is 0 Å². The molecule has 1 heterocycles. The maximum absolute atomic E-state index is 12.3. The number of ether oxygens (including phenoxy) is 1. The van der Waals surface area contributed by atoms with E-state index in [9.17, 15) is 14.9 Å². The van der Waals surface area contributed by atoms with E-state index < -0.39 is 4.92 Å². The van der Waals surface area contributed by atoms with Crippen LogP contribution in [0.3, 0.4) is 0 Å². The first-order chi connectivity index (χ1) is 12.6. The molecule has 3 aromatic rings. The SMILES string of the molecule is O=C(Nc1cccnc1OCc1ccc([N+](=O)[O-])cc1)c1ccccc1. The van der Waals surface area contributed by atoms with Gasteiger partial charge in [0.2, 0.25) is 5.88 Å². The number of pyridine rings is 1. The van der Waals surface area contributed by atoms with E-state index in [-0.39, 0.29) is 24.1 Å². The van der Waals surface area contributed by atoms with E-state index >= 15 is 0 Å². The number of nitrogens with zero attached hydrogens (tertiary/aromatic N) is 2. The smallest absolute Gasteiger partial charge is 0.269 e. The first kappa shape index (κ1) is 17.1. The molecule has 0 spiro atoms. The molecular formula is C19H15N3O4. The van der Waals surface area contributed by atoms with Crippen LogP contribution in [0.1, 0.15) is 15.9 Å². The molecule has 1 aromatic heterocycles. The van der Waals surface area contributed by atoms with Gasteiger partial charge in [-0.15, -0.1) is 0 Å². The highest BCUT2D eigenvalue weighted by Crippen LogP contribution is 2.23. The fourth-order valence-electron chi connectivity index (χ4n) is 2.25. The van der Waals surface area contributed by atoms with Crippen molar-refractivity contribution in [3.05, 3.63) is 94.2 Å². The van der Waals surface area contributed by atoms with Crippen molar-refractivity contribution in [2.24, 2.45) is 0 Å². The molecule has 7 heteroatoms. The fourth-order valence-corrected chi connectivity index (χ4v) is 2.25. The molecule has 0 radical (unpaired) electrons. The lowest BCUT2D eigenvalue weighted by molar-refractivity contribution is -0.384. The molecule has 0 atom stereocenters. The van der Waals surface area contributed by atoms with Gasteiger partial charge in [-0.1, -0.05) is 18.2 Å². The number of hydrogen-bond acceptors (Lipinski definition) is 5. The molecule has 0 saturated carbocycles. The number of nitrogens with one attached hydrogen (secondary N) is 1. The molecule has 7 nitrogen and oxygen atoms in total. The Morgan fingerprint density at radius 2 is 1.77 bits per heavy atom. The summed E-state index contributed by atoms with van der Waals surface area (Å²) in [7, 11) is 0. The quantitative estimate of drug-likeness (QED) is 0.539. The molecule has 26 heavy (non-hydrogen) atoms. The molecule has 3 rings (SSSR count). The molecule has 130 valence electrons. The number of hydrogen-bond donors (Lipinski definition) is 1. The van der Waals surface area contributed by atoms with Crippen molar-refractivity contribution in [1.29, 1.82) is 0 Å². The molecule has 2 aromatic carbocycles. The van der Waals surface area contributed by atoms with Gasteiger partial charge in [0, 0.05) is 23.9 Å². The lowest BCUT2D eigenvalue weighted by atomic mass is 10.2. The van der Waals surface area contributed by atoms with Gasteiger partial charge in [0.05, 0.1) is 4.92 Å². The number of rotatable bonds is 6. The summed E-state index contributed by atoms with van der Waals surface area (Å²) < 4.78 is 5.66. The summed E-state index contributed by atoms with van der Waals surface area (Å²) in [5.41, 5.74) is 1.74. The Bertz CT molecular complexity index is 912. The zero-order valence-corrected chi connectivity index (χ0v) is 13.7. The van der Waals surface area contributed by atoms with E-state index in [0.717, 1.165) is 5.56 Å². The van der Waals surface area contributed by atoms with Crippen LogP contribution in [-0.2, 0) is 6.61 Å². The van der Waals surface area contributed by atoms with Gasteiger partial charge in [-0.05, 0) is 42.0 Å². The maximum atomic E-state index is 12.3. The second kappa shape index (κ2) is 7.89. The average Bonchev–Trinajstić information content (AvgIpc) is 2.68. The third-order valence-corrected chi connectivity index (χ3v) is 3.58. The number of aromatic nitrogens is 1. The molecule has 0 aliphatic heterocycles. The Labute approximate surface area is 149 Å². The van der Waals surface area contributed by atoms with Gasteiger partial charge in [0.1, 0.15) is 12.3 Å². The Hall–Kier alpha value is -3.74. The minimum Gasteiger partial charge on any atom is -0.471 e. The number of carbonyl (C=O) groups excluding carboxylic acids is 1. The Morgan fingerprint density at radius 1 is 1.04 bits per heavy atom. The summed E-state index contributed by atoms with van der Waals surface area (Å²) in [6, 6.07) is 18.3. The third kappa shape index (κ3) is 4.21. The second-order valence-electron chi connectivity index (χ2n) is 5.39. The monoisotopic (exact) mass is 349 g/mol. The Morgan fingerprint density at radius 3 is 2.46 bits per heavy atom. The first-order valence-electron chi connectivity index (χ1n) is 7.81. The van der Waals surface area contributed by atoms with E-state index in [2.05, 4.69) is 10.3 Å². The number of anilines is 1. The van der Waals surface area contributed by atoms with E-state index in [1.165, 1.54) is 12.1 Å². The first-order valence-corrected chi connectivity index (χ1v) is 7.81. The Balaban J connectivity index is 1.69. The highest BCUT2D eigenvalue weighted by atomic mass is 16.6. The number of amides is 1. The van der Waals surface area contributed by atoms with Gasteiger partial charge >= 0.3 is 0 Å². The zero-order chi connectivity index (χ0) is 18.4. The normalized spacial score (nSPS) is 10.2. The third-order valence-electron chi connectivity index (χ3n) is 3.58. The molecule has 0 saturated heterocycles. The number of non-ortho nitro benzene ring substituents is 1.